The maximum absolute atomic E-state index is 12.5. The second-order valence-corrected chi connectivity index (χ2v) is 9.58. The predicted molar refractivity (Wildman–Crippen MR) is 121 cm³/mol. The zero-order valence-electron chi connectivity index (χ0n) is 17.2. The Hall–Kier alpha value is -3.13. The Morgan fingerprint density at radius 3 is 2.70 bits per heavy atom. The largest absolute Gasteiger partial charge is 0.465 e. The molecule has 0 saturated carbocycles. The normalized spacial score (nSPS) is 11.8. The fraction of sp³-hybridized carbons (Fsp3) is 0.182. The van der Waals surface area contributed by atoms with Crippen LogP contribution in [0.5, 0.6) is 0 Å². The van der Waals surface area contributed by atoms with Gasteiger partial charge in [-0.1, -0.05) is 24.5 Å². The maximum atomic E-state index is 12.5. The number of aromatic amines is 1. The molecule has 152 valence electrons. The summed E-state index contributed by atoms with van der Waals surface area (Å²) in [4.78, 5) is 20.5. The van der Waals surface area contributed by atoms with Gasteiger partial charge in [-0.25, -0.2) is 18.2 Å². The third-order valence-electron chi connectivity index (χ3n) is 5.41. The van der Waals surface area contributed by atoms with Crippen molar-refractivity contribution in [2.24, 2.45) is 0 Å². The molecular formula is C22H21BN2O4S. The van der Waals surface area contributed by atoms with E-state index in [0.717, 1.165) is 32.9 Å². The van der Waals surface area contributed by atoms with Gasteiger partial charge in [0, 0.05) is 22.5 Å². The quantitative estimate of drug-likeness (QED) is 0.405. The van der Waals surface area contributed by atoms with Crippen molar-refractivity contribution in [2.75, 3.05) is 12.9 Å². The molecule has 8 heteroatoms. The van der Waals surface area contributed by atoms with E-state index in [0.29, 0.717) is 16.8 Å². The molecule has 0 aliphatic carbocycles. The van der Waals surface area contributed by atoms with Gasteiger partial charge in [-0.3, -0.25) is 0 Å². The van der Waals surface area contributed by atoms with E-state index in [9.17, 15) is 13.2 Å². The minimum Gasteiger partial charge on any atom is -0.465 e. The van der Waals surface area contributed by atoms with Crippen LogP contribution >= 0.6 is 0 Å². The average molecular weight is 420 g/mol. The van der Waals surface area contributed by atoms with Crippen LogP contribution in [0.4, 0.5) is 0 Å². The van der Waals surface area contributed by atoms with Crippen molar-refractivity contribution in [3.05, 3.63) is 53.7 Å². The fourth-order valence-corrected chi connectivity index (χ4v) is 4.69. The van der Waals surface area contributed by atoms with Gasteiger partial charge in [0.05, 0.1) is 23.3 Å². The van der Waals surface area contributed by atoms with Gasteiger partial charge in [-0.15, -0.1) is 0 Å². The first-order chi connectivity index (χ1) is 14.3. The van der Waals surface area contributed by atoms with Gasteiger partial charge in [-0.05, 0) is 47.9 Å². The van der Waals surface area contributed by atoms with Crippen LogP contribution in [0.1, 0.15) is 22.8 Å². The zero-order valence-corrected chi connectivity index (χ0v) is 18.1. The number of carbonyl (C=O) groups excluding carboxylic acids is 1. The number of fused-ring (bicyclic) bond motifs is 3. The highest BCUT2D eigenvalue weighted by molar-refractivity contribution is 7.91. The molecule has 0 fully saturated rings. The number of sulfone groups is 1. The lowest BCUT2D eigenvalue weighted by molar-refractivity contribution is 0.0602. The first-order valence-corrected chi connectivity index (χ1v) is 11.2. The van der Waals surface area contributed by atoms with E-state index in [1.165, 1.54) is 7.11 Å². The van der Waals surface area contributed by atoms with Crippen LogP contribution < -0.4 is 5.46 Å². The number of esters is 1. The number of nitrogens with one attached hydrogen (secondary N) is 1. The van der Waals surface area contributed by atoms with Gasteiger partial charge in [-0.2, -0.15) is 0 Å². The molecule has 6 nitrogen and oxygen atoms in total. The van der Waals surface area contributed by atoms with E-state index >= 15 is 0 Å². The SMILES string of the molecule is Bc1c(C(=O)OC)cc(-c2cccc(S(=O)(=O)CC)c2)c2c1[nH]c1ncc(C)cc12. The van der Waals surface area contributed by atoms with Crippen LogP contribution in [0.2, 0.25) is 0 Å². The Bertz CT molecular complexity index is 1420. The van der Waals surface area contributed by atoms with Crippen molar-refractivity contribution in [2.45, 2.75) is 18.7 Å². The van der Waals surface area contributed by atoms with Crippen molar-refractivity contribution >= 4 is 51.1 Å². The van der Waals surface area contributed by atoms with Gasteiger partial charge in [0.2, 0.25) is 0 Å². The molecule has 4 aromatic rings. The van der Waals surface area contributed by atoms with Gasteiger partial charge in [0.15, 0.2) is 9.84 Å². The molecule has 0 bridgehead atoms. The van der Waals surface area contributed by atoms with Crippen molar-refractivity contribution < 1.29 is 17.9 Å². The molecule has 4 rings (SSSR count). The smallest absolute Gasteiger partial charge is 0.337 e. The van der Waals surface area contributed by atoms with Gasteiger partial charge < -0.3 is 9.72 Å². The molecule has 0 aliphatic heterocycles. The number of methoxy groups -OCH3 is 1. The van der Waals surface area contributed by atoms with Crippen molar-refractivity contribution in [1.82, 2.24) is 9.97 Å². The summed E-state index contributed by atoms with van der Waals surface area (Å²) >= 11 is 0. The number of aryl methyl sites for hydroxylation is 1. The number of benzene rings is 2. The molecule has 0 atom stereocenters. The predicted octanol–water partition coefficient (Wildman–Crippen LogP) is 2.53. The number of carbonyl (C=O) groups is 1. The number of rotatable bonds is 4. The fourth-order valence-electron chi connectivity index (χ4n) is 3.77. The standard InChI is InChI=1S/C22H21BN2O4S/c1-4-30(27,28)14-7-5-6-13(9-14)15-10-17(22(26)29-3)19(23)20-18(15)16-8-12(2)11-24-21(16)25-20/h5-11H,4,23H2,1-3H3,(H,24,25). The second-order valence-electron chi connectivity index (χ2n) is 7.30. The number of pyridine rings is 1. The van der Waals surface area contributed by atoms with Crippen LogP contribution in [0, 0.1) is 6.92 Å². The molecule has 0 amide bonds. The first-order valence-electron chi connectivity index (χ1n) is 9.60. The molecule has 2 aromatic heterocycles. The number of nitrogens with zero attached hydrogens (tertiary/aromatic N) is 1. The summed E-state index contributed by atoms with van der Waals surface area (Å²) in [5.41, 5.74) is 5.14. The second kappa shape index (κ2) is 7.29. The molecule has 0 radical (unpaired) electrons. The third kappa shape index (κ3) is 3.17. The third-order valence-corrected chi connectivity index (χ3v) is 7.15. The molecule has 2 heterocycles. The van der Waals surface area contributed by atoms with Crippen LogP contribution in [-0.4, -0.2) is 45.1 Å². The number of hydrogen-bond acceptors (Lipinski definition) is 5. The highest BCUT2D eigenvalue weighted by atomic mass is 32.2. The Morgan fingerprint density at radius 1 is 1.23 bits per heavy atom. The average Bonchev–Trinajstić information content (AvgIpc) is 3.13. The van der Waals surface area contributed by atoms with Crippen molar-refractivity contribution in [1.29, 1.82) is 0 Å². The maximum Gasteiger partial charge on any atom is 0.337 e. The van der Waals surface area contributed by atoms with Gasteiger partial charge in [0.1, 0.15) is 13.5 Å². The molecular weight excluding hydrogens is 399 g/mol. The Kier molecular flexibility index (Phi) is 4.90. The van der Waals surface area contributed by atoms with Crippen LogP contribution in [-0.2, 0) is 14.6 Å². The summed E-state index contributed by atoms with van der Waals surface area (Å²) in [6, 6.07) is 10.6. The molecule has 1 N–H and O–H groups in total. The number of H-pyrrole nitrogens is 1. The van der Waals surface area contributed by atoms with E-state index in [-0.39, 0.29) is 10.6 Å². The molecule has 0 unspecified atom stereocenters. The monoisotopic (exact) mass is 420 g/mol. The van der Waals surface area contributed by atoms with E-state index in [1.807, 2.05) is 26.9 Å². The summed E-state index contributed by atoms with van der Waals surface area (Å²) in [6.07, 6.45) is 1.78. The van der Waals surface area contributed by atoms with Gasteiger partial charge >= 0.3 is 5.97 Å². The minimum absolute atomic E-state index is 0.0172. The lowest BCUT2D eigenvalue weighted by atomic mass is 9.84. The Labute approximate surface area is 175 Å². The number of aromatic nitrogens is 2. The summed E-state index contributed by atoms with van der Waals surface area (Å²) in [6.45, 7) is 3.59. The summed E-state index contributed by atoms with van der Waals surface area (Å²) in [5.74, 6) is -0.431. The Balaban J connectivity index is 2.14. The highest BCUT2D eigenvalue weighted by Crippen LogP contribution is 2.35. The lowest BCUT2D eigenvalue weighted by Crippen LogP contribution is -2.18. The van der Waals surface area contributed by atoms with Crippen LogP contribution in [0.25, 0.3) is 33.1 Å². The molecule has 0 spiro atoms. The lowest BCUT2D eigenvalue weighted by Gasteiger charge is -2.12. The summed E-state index contributed by atoms with van der Waals surface area (Å²) in [5, 5.41) is 1.82. The van der Waals surface area contributed by atoms with E-state index in [2.05, 4.69) is 9.97 Å². The summed E-state index contributed by atoms with van der Waals surface area (Å²) < 4.78 is 29.9. The molecule has 30 heavy (non-hydrogen) atoms. The molecule has 0 saturated heterocycles. The van der Waals surface area contributed by atoms with E-state index in [1.54, 1.807) is 37.4 Å². The van der Waals surface area contributed by atoms with Crippen molar-refractivity contribution in [3.63, 3.8) is 0 Å². The van der Waals surface area contributed by atoms with Gasteiger partial charge in [0.25, 0.3) is 0 Å². The first kappa shape index (κ1) is 20.2. The molecule has 2 aromatic carbocycles. The topological polar surface area (TPSA) is 89.1 Å². The molecule has 0 aliphatic rings. The highest BCUT2D eigenvalue weighted by Gasteiger charge is 2.21. The number of ether oxygens (including phenoxy) is 1. The Morgan fingerprint density at radius 2 is 2.00 bits per heavy atom. The van der Waals surface area contributed by atoms with E-state index in [4.69, 9.17) is 4.74 Å². The van der Waals surface area contributed by atoms with E-state index < -0.39 is 15.8 Å². The summed E-state index contributed by atoms with van der Waals surface area (Å²) in [7, 11) is -0.166. The van der Waals surface area contributed by atoms with Crippen LogP contribution in [0.3, 0.4) is 0 Å². The van der Waals surface area contributed by atoms with Crippen LogP contribution in [0.15, 0.2) is 47.5 Å². The minimum atomic E-state index is -3.37. The number of hydrogen-bond donors (Lipinski definition) is 1. The zero-order chi connectivity index (χ0) is 21.6. The van der Waals surface area contributed by atoms with Crippen molar-refractivity contribution in [3.8, 4) is 11.1 Å².